The van der Waals surface area contributed by atoms with E-state index in [1.807, 2.05) is 30.3 Å². The van der Waals surface area contributed by atoms with Crippen LogP contribution < -0.4 is 0 Å². The van der Waals surface area contributed by atoms with Gasteiger partial charge in [-0.1, -0.05) is 30.3 Å². The molecule has 0 saturated carbocycles. The van der Waals surface area contributed by atoms with Gasteiger partial charge in [0.2, 0.25) is 0 Å². The van der Waals surface area contributed by atoms with Crippen LogP contribution in [0, 0.1) is 0 Å². The van der Waals surface area contributed by atoms with Crippen LogP contribution in [0.1, 0.15) is 18.1 Å². The van der Waals surface area contributed by atoms with E-state index in [0.717, 1.165) is 5.56 Å². The molecule has 1 aromatic rings. The van der Waals surface area contributed by atoms with Crippen molar-refractivity contribution in [1.82, 2.24) is 0 Å². The Morgan fingerprint density at radius 1 is 1.14 bits per heavy atom. The summed E-state index contributed by atoms with van der Waals surface area (Å²) in [5.41, 5.74) is 0.965. The second kappa shape index (κ2) is 4.09. The zero-order valence-electron chi connectivity index (χ0n) is 7.84. The van der Waals surface area contributed by atoms with Crippen LogP contribution >= 0.6 is 0 Å². The summed E-state index contributed by atoms with van der Waals surface area (Å²) in [4.78, 5) is 0. The minimum Gasteiger partial charge on any atom is -0.391 e. The molecule has 3 atom stereocenters. The molecule has 0 radical (unpaired) electrons. The van der Waals surface area contributed by atoms with Gasteiger partial charge in [-0.15, -0.1) is 0 Å². The third-order valence-electron chi connectivity index (χ3n) is 2.46. The molecule has 14 heavy (non-hydrogen) atoms. The minimum atomic E-state index is -0.610. The Kier molecular flexibility index (Phi) is 2.82. The number of aliphatic hydroxyl groups excluding tert-OH is 2. The van der Waals surface area contributed by atoms with Crippen molar-refractivity contribution in [1.29, 1.82) is 0 Å². The lowest BCUT2D eigenvalue weighted by Gasteiger charge is -2.31. The van der Waals surface area contributed by atoms with Gasteiger partial charge >= 0.3 is 0 Å². The smallest absolute Gasteiger partial charge is 0.109 e. The van der Waals surface area contributed by atoms with E-state index in [2.05, 4.69) is 0 Å². The Labute approximate surface area is 83.0 Å². The molecule has 3 nitrogen and oxygen atoms in total. The highest BCUT2D eigenvalue weighted by atomic mass is 16.5. The van der Waals surface area contributed by atoms with Crippen LogP contribution in [0.25, 0.3) is 0 Å². The molecule has 2 rings (SSSR count). The van der Waals surface area contributed by atoms with Crippen LogP contribution in [-0.2, 0) is 4.74 Å². The van der Waals surface area contributed by atoms with E-state index in [-0.39, 0.29) is 6.10 Å². The van der Waals surface area contributed by atoms with Crippen molar-refractivity contribution in [3.05, 3.63) is 35.9 Å². The van der Waals surface area contributed by atoms with Gasteiger partial charge in [-0.25, -0.2) is 0 Å². The summed E-state index contributed by atoms with van der Waals surface area (Å²) in [5.74, 6) is 0. The van der Waals surface area contributed by atoms with E-state index in [0.29, 0.717) is 13.0 Å². The summed E-state index contributed by atoms with van der Waals surface area (Å²) in [5, 5.41) is 19.0. The Bertz CT molecular complexity index is 286. The van der Waals surface area contributed by atoms with E-state index in [1.165, 1.54) is 0 Å². The molecule has 76 valence electrons. The SMILES string of the molecule is O[C@H]1CO[C@@H](c2ccccc2)[C@H](O)C1. The minimum absolute atomic E-state index is 0.292. The van der Waals surface area contributed by atoms with E-state index in [9.17, 15) is 10.2 Å². The lowest BCUT2D eigenvalue weighted by Crippen LogP contribution is -2.35. The van der Waals surface area contributed by atoms with Crippen molar-refractivity contribution in [2.24, 2.45) is 0 Å². The zero-order chi connectivity index (χ0) is 9.97. The maximum Gasteiger partial charge on any atom is 0.109 e. The second-order valence-corrected chi connectivity index (χ2v) is 3.62. The molecule has 3 heteroatoms. The van der Waals surface area contributed by atoms with E-state index in [1.54, 1.807) is 0 Å². The molecule has 0 amide bonds. The molecule has 0 unspecified atom stereocenters. The fourth-order valence-corrected chi connectivity index (χ4v) is 1.76. The van der Waals surface area contributed by atoms with Crippen LogP contribution in [0.4, 0.5) is 0 Å². The van der Waals surface area contributed by atoms with Gasteiger partial charge in [0.15, 0.2) is 0 Å². The summed E-state index contributed by atoms with van der Waals surface area (Å²) in [6, 6.07) is 9.59. The predicted molar refractivity (Wildman–Crippen MR) is 51.8 cm³/mol. The van der Waals surface area contributed by atoms with Gasteiger partial charge < -0.3 is 14.9 Å². The molecule has 1 fully saturated rings. The summed E-state index contributed by atoms with van der Waals surface area (Å²) in [7, 11) is 0. The molecule has 0 spiro atoms. The molecule has 0 aliphatic carbocycles. The molecule has 1 saturated heterocycles. The highest BCUT2D eigenvalue weighted by Crippen LogP contribution is 2.28. The average molecular weight is 194 g/mol. The summed E-state index contributed by atoms with van der Waals surface area (Å²) < 4.78 is 5.39. The Hall–Kier alpha value is -0.900. The number of hydrogen-bond donors (Lipinski definition) is 2. The number of aliphatic hydroxyl groups is 2. The average Bonchev–Trinajstić information content (AvgIpc) is 2.19. The first-order valence-electron chi connectivity index (χ1n) is 4.80. The lowest BCUT2D eigenvalue weighted by molar-refractivity contribution is -0.125. The van der Waals surface area contributed by atoms with Gasteiger partial charge in [-0.2, -0.15) is 0 Å². The number of benzene rings is 1. The quantitative estimate of drug-likeness (QED) is 0.697. The van der Waals surface area contributed by atoms with Gasteiger partial charge in [-0.3, -0.25) is 0 Å². The Morgan fingerprint density at radius 3 is 2.50 bits per heavy atom. The third kappa shape index (κ3) is 1.95. The van der Waals surface area contributed by atoms with E-state index < -0.39 is 12.2 Å². The van der Waals surface area contributed by atoms with Crippen LogP contribution in [0.5, 0.6) is 0 Å². The maximum absolute atomic E-state index is 9.71. The number of hydrogen-bond acceptors (Lipinski definition) is 3. The van der Waals surface area contributed by atoms with Crippen molar-refractivity contribution >= 4 is 0 Å². The Balaban J connectivity index is 2.12. The van der Waals surface area contributed by atoms with Crippen molar-refractivity contribution in [2.75, 3.05) is 6.61 Å². The fraction of sp³-hybridized carbons (Fsp3) is 0.455. The maximum atomic E-state index is 9.71. The van der Waals surface area contributed by atoms with Crippen molar-refractivity contribution in [3.8, 4) is 0 Å². The molecule has 2 N–H and O–H groups in total. The third-order valence-corrected chi connectivity index (χ3v) is 2.46. The van der Waals surface area contributed by atoms with Crippen molar-refractivity contribution in [3.63, 3.8) is 0 Å². The van der Waals surface area contributed by atoms with Crippen LogP contribution in [-0.4, -0.2) is 29.0 Å². The largest absolute Gasteiger partial charge is 0.391 e. The molecular formula is C11H14O3. The summed E-state index contributed by atoms with van der Waals surface area (Å²) in [6.45, 7) is 0.302. The Morgan fingerprint density at radius 2 is 1.86 bits per heavy atom. The summed E-state index contributed by atoms with van der Waals surface area (Å²) in [6.07, 6.45) is -1.05. The molecule has 1 heterocycles. The topological polar surface area (TPSA) is 49.7 Å². The monoisotopic (exact) mass is 194 g/mol. The van der Waals surface area contributed by atoms with Crippen LogP contribution in [0.2, 0.25) is 0 Å². The van der Waals surface area contributed by atoms with Gasteiger partial charge in [0, 0.05) is 6.42 Å². The van der Waals surface area contributed by atoms with E-state index >= 15 is 0 Å². The lowest BCUT2D eigenvalue weighted by atomic mass is 9.97. The van der Waals surface area contributed by atoms with Crippen molar-refractivity contribution < 1.29 is 14.9 Å². The zero-order valence-corrected chi connectivity index (χ0v) is 7.84. The van der Waals surface area contributed by atoms with Crippen molar-refractivity contribution in [2.45, 2.75) is 24.7 Å². The molecule has 1 aliphatic heterocycles. The molecular weight excluding hydrogens is 180 g/mol. The van der Waals surface area contributed by atoms with Gasteiger partial charge in [0.05, 0.1) is 18.8 Å². The van der Waals surface area contributed by atoms with Crippen LogP contribution in [0.15, 0.2) is 30.3 Å². The van der Waals surface area contributed by atoms with E-state index in [4.69, 9.17) is 4.74 Å². The first kappa shape index (κ1) is 9.65. The predicted octanol–water partition coefficient (Wildman–Crippen LogP) is 0.870. The van der Waals surface area contributed by atoms with Gasteiger partial charge in [0.1, 0.15) is 6.10 Å². The highest BCUT2D eigenvalue weighted by Gasteiger charge is 2.29. The molecule has 1 aromatic carbocycles. The standard InChI is InChI=1S/C11H14O3/c12-9-6-10(13)11(14-7-9)8-4-2-1-3-5-8/h1-5,9-13H,6-7H2/t9-,10-,11+/m1/s1. The normalized spacial score (nSPS) is 32.9. The van der Waals surface area contributed by atoms with Gasteiger partial charge in [-0.05, 0) is 5.56 Å². The fourth-order valence-electron chi connectivity index (χ4n) is 1.76. The molecule has 1 aliphatic rings. The number of rotatable bonds is 1. The highest BCUT2D eigenvalue weighted by molar-refractivity contribution is 5.19. The molecule has 0 bridgehead atoms. The first-order valence-corrected chi connectivity index (χ1v) is 4.80. The second-order valence-electron chi connectivity index (χ2n) is 3.62. The molecule has 0 aromatic heterocycles. The van der Waals surface area contributed by atoms with Gasteiger partial charge in [0.25, 0.3) is 0 Å². The summed E-state index contributed by atoms with van der Waals surface area (Å²) >= 11 is 0. The first-order chi connectivity index (χ1) is 6.77. The van der Waals surface area contributed by atoms with Crippen LogP contribution in [0.3, 0.4) is 0 Å². The number of ether oxygens (including phenoxy) is 1.